The molecule has 2 rings (SSSR count). The third-order valence-electron chi connectivity index (χ3n) is 2.13. The molecule has 0 aliphatic rings. The van der Waals surface area contributed by atoms with Gasteiger partial charge < -0.3 is 10.6 Å². The average Bonchev–Trinajstić information content (AvgIpc) is 2.88. The summed E-state index contributed by atoms with van der Waals surface area (Å²) in [5.74, 6) is 1.31. The van der Waals surface area contributed by atoms with Crippen molar-refractivity contribution in [2.75, 3.05) is 17.7 Å². The molecule has 0 radical (unpaired) electrons. The second-order valence-electron chi connectivity index (χ2n) is 3.15. The van der Waals surface area contributed by atoms with Gasteiger partial charge in [0.05, 0.1) is 12.1 Å². The van der Waals surface area contributed by atoms with Crippen LogP contribution in [0.2, 0.25) is 0 Å². The van der Waals surface area contributed by atoms with Crippen LogP contribution in [0.1, 0.15) is 4.88 Å². The van der Waals surface area contributed by atoms with Gasteiger partial charge in [0.1, 0.15) is 12.0 Å². The molecule has 2 heterocycles. The fourth-order valence-corrected chi connectivity index (χ4v) is 1.88. The monoisotopic (exact) mass is 248 g/mol. The van der Waals surface area contributed by atoms with Crippen molar-refractivity contribution in [2.24, 2.45) is 4.99 Å². The van der Waals surface area contributed by atoms with Gasteiger partial charge in [-0.25, -0.2) is 9.97 Å². The van der Waals surface area contributed by atoms with Gasteiger partial charge in [-0.1, -0.05) is 0 Å². The van der Waals surface area contributed by atoms with Crippen LogP contribution >= 0.6 is 11.3 Å². The zero-order valence-electron chi connectivity index (χ0n) is 9.34. The minimum Gasteiger partial charge on any atom is -0.371 e. The Hall–Kier alpha value is -2.02. The van der Waals surface area contributed by atoms with Crippen LogP contribution in [0.15, 0.2) is 23.0 Å². The second kappa shape index (κ2) is 5.35. The minimum atomic E-state index is 0.625. The number of nitrogens with one attached hydrogen (secondary N) is 2. The fraction of sp³-hybridized carbons (Fsp3) is 0.200. The molecule has 0 spiro atoms. The summed E-state index contributed by atoms with van der Waals surface area (Å²) in [5, 5.41) is 6.13. The number of aromatic nitrogens is 3. The van der Waals surface area contributed by atoms with Crippen molar-refractivity contribution in [3.8, 4) is 0 Å². The zero-order valence-corrected chi connectivity index (χ0v) is 10.2. The summed E-state index contributed by atoms with van der Waals surface area (Å²) in [4.78, 5) is 17.3. The van der Waals surface area contributed by atoms with Gasteiger partial charge in [0.25, 0.3) is 0 Å². The van der Waals surface area contributed by atoms with Gasteiger partial charge in [-0.3, -0.25) is 9.98 Å². The highest BCUT2D eigenvalue weighted by Crippen LogP contribution is 2.29. The lowest BCUT2D eigenvalue weighted by molar-refractivity contribution is 1.09. The molecule has 6 nitrogen and oxygen atoms in total. The largest absolute Gasteiger partial charge is 0.371 e. The van der Waals surface area contributed by atoms with E-state index >= 15 is 0 Å². The zero-order chi connectivity index (χ0) is 12.1. The molecule has 88 valence electrons. The number of rotatable bonds is 5. The molecule has 0 bridgehead atoms. The molecule has 7 heteroatoms. The number of aliphatic imine (C=N–C) groups is 1. The molecule has 2 aromatic heterocycles. The van der Waals surface area contributed by atoms with E-state index in [4.69, 9.17) is 0 Å². The van der Waals surface area contributed by atoms with E-state index in [1.165, 1.54) is 6.33 Å². The average molecular weight is 248 g/mol. The molecule has 0 aromatic carbocycles. The Kier molecular flexibility index (Phi) is 3.61. The van der Waals surface area contributed by atoms with Crippen LogP contribution in [0, 0.1) is 0 Å². The van der Waals surface area contributed by atoms with E-state index in [2.05, 4.69) is 37.3 Å². The molecule has 0 aliphatic heterocycles. The topological polar surface area (TPSA) is 75.1 Å². The van der Waals surface area contributed by atoms with Gasteiger partial charge in [0.2, 0.25) is 0 Å². The highest BCUT2D eigenvalue weighted by Gasteiger charge is 2.08. The highest BCUT2D eigenvalue weighted by atomic mass is 32.1. The van der Waals surface area contributed by atoms with Gasteiger partial charge in [-0.15, -0.1) is 11.3 Å². The van der Waals surface area contributed by atoms with Crippen LogP contribution in [0.4, 0.5) is 17.3 Å². The Morgan fingerprint density at radius 3 is 2.88 bits per heavy atom. The predicted molar refractivity (Wildman–Crippen MR) is 70.2 cm³/mol. The molecule has 0 aliphatic carbocycles. The summed E-state index contributed by atoms with van der Waals surface area (Å²) in [6, 6.07) is 0. The molecule has 0 amide bonds. The van der Waals surface area contributed by atoms with E-state index in [1.54, 1.807) is 23.9 Å². The van der Waals surface area contributed by atoms with Crippen molar-refractivity contribution < 1.29 is 0 Å². The Labute approximate surface area is 103 Å². The molecular formula is C10H12N6S. The Balaban J connectivity index is 2.17. The molecule has 0 saturated carbocycles. The first-order valence-electron chi connectivity index (χ1n) is 4.96. The normalized spacial score (nSPS) is 9.94. The molecule has 17 heavy (non-hydrogen) atoms. The quantitative estimate of drug-likeness (QED) is 0.791. The number of thiazole rings is 1. The maximum atomic E-state index is 4.15. The van der Waals surface area contributed by atoms with Gasteiger partial charge in [-0.05, 0) is 6.72 Å². The van der Waals surface area contributed by atoms with Gasteiger partial charge in [0.15, 0.2) is 11.6 Å². The third-order valence-corrected chi connectivity index (χ3v) is 2.91. The van der Waals surface area contributed by atoms with Crippen molar-refractivity contribution in [1.29, 1.82) is 0 Å². The fourth-order valence-electron chi connectivity index (χ4n) is 1.34. The summed E-state index contributed by atoms with van der Waals surface area (Å²) in [5.41, 5.74) is 2.42. The van der Waals surface area contributed by atoms with Gasteiger partial charge >= 0.3 is 0 Å². The minimum absolute atomic E-state index is 0.625. The third kappa shape index (κ3) is 2.56. The van der Waals surface area contributed by atoms with Crippen LogP contribution < -0.4 is 10.6 Å². The number of nitrogens with zero attached hydrogens (tertiary/aromatic N) is 4. The molecule has 0 fully saturated rings. The molecule has 0 atom stereocenters. The Morgan fingerprint density at radius 1 is 1.41 bits per heavy atom. The van der Waals surface area contributed by atoms with Crippen LogP contribution in [0.25, 0.3) is 0 Å². The predicted octanol–water partition coefficient (Wildman–Crippen LogP) is 1.92. The lowest BCUT2D eigenvalue weighted by Gasteiger charge is -2.09. The number of anilines is 2. The van der Waals surface area contributed by atoms with Crippen LogP contribution in [-0.4, -0.2) is 28.7 Å². The van der Waals surface area contributed by atoms with E-state index in [0.29, 0.717) is 23.9 Å². The first kappa shape index (κ1) is 11.5. The first-order valence-corrected chi connectivity index (χ1v) is 5.84. The number of hydrogen-bond acceptors (Lipinski definition) is 7. The SMILES string of the molecule is C=Nc1c(NC)ncnc1NCc1cncs1. The van der Waals surface area contributed by atoms with Crippen LogP contribution in [0.3, 0.4) is 0 Å². The Morgan fingerprint density at radius 2 is 2.24 bits per heavy atom. The van der Waals surface area contributed by atoms with Crippen LogP contribution in [0.5, 0.6) is 0 Å². The van der Waals surface area contributed by atoms with Crippen LogP contribution in [-0.2, 0) is 6.54 Å². The lowest BCUT2D eigenvalue weighted by Crippen LogP contribution is -2.03. The first-order chi connectivity index (χ1) is 8.35. The van der Waals surface area contributed by atoms with Crippen molar-refractivity contribution in [3.63, 3.8) is 0 Å². The van der Waals surface area contributed by atoms with Gasteiger partial charge in [-0.2, -0.15) is 0 Å². The molecule has 0 saturated heterocycles. The van der Waals surface area contributed by atoms with Gasteiger partial charge in [0, 0.05) is 18.1 Å². The Bertz CT molecular complexity index is 496. The second-order valence-corrected chi connectivity index (χ2v) is 4.12. The molecule has 2 aromatic rings. The maximum Gasteiger partial charge on any atom is 0.157 e. The lowest BCUT2D eigenvalue weighted by atomic mass is 10.4. The van der Waals surface area contributed by atoms with Crippen molar-refractivity contribution in [1.82, 2.24) is 15.0 Å². The summed E-state index contributed by atoms with van der Waals surface area (Å²) < 4.78 is 0. The molecule has 0 unspecified atom stereocenters. The molecular weight excluding hydrogens is 236 g/mol. The smallest absolute Gasteiger partial charge is 0.157 e. The highest BCUT2D eigenvalue weighted by molar-refractivity contribution is 7.09. The maximum absolute atomic E-state index is 4.15. The standard InChI is InChI=1S/C10H12N6S/c1-11-8-9(12-2)15-5-16-10(8)14-4-7-3-13-6-17-7/h3,5-6H,1,4H2,2H3,(H2,12,14,15,16). The van der Waals surface area contributed by atoms with Crippen molar-refractivity contribution in [3.05, 3.63) is 22.9 Å². The van der Waals surface area contributed by atoms with E-state index in [9.17, 15) is 0 Å². The van der Waals surface area contributed by atoms with Crippen molar-refractivity contribution in [2.45, 2.75) is 6.54 Å². The van der Waals surface area contributed by atoms with E-state index in [-0.39, 0.29) is 0 Å². The summed E-state index contributed by atoms with van der Waals surface area (Å²) in [6.07, 6.45) is 3.30. The van der Waals surface area contributed by atoms with E-state index in [0.717, 1.165) is 4.88 Å². The summed E-state index contributed by atoms with van der Waals surface area (Å²) >= 11 is 1.59. The van der Waals surface area contributed by atoms with E-state index in [1.807, 2.05) is 6.20 Å². The summed E-state index contributed by atoms with van der Waals surface area (Å²) in [6.45, 7) is 4.19. The van der Waals surface area contributed by atoms with E-state index < -0.39 is 0 Å². The van der Waals surface area contributed by atoms with Crippen molar-refractivity contribution >= 4 is 35.4 Å². The number of hydrogen-bond donors (Lipinski definition) is 2. The summed E-state index contributed by atoms with van der Waals surface area (Å²) in [7, 11) is 1.78. The molecule has 2 N–H and O–H groups in total.